The second-order valence-electron chi connectivity index (χ2n) is 7.59. The van der Waals surface area contributed by atoms with Gasteiger partial charge in [-0.05, 0) is 55.7 Å². The van der Waals surface area contributed by atoms with Crippen LogP contribution in [0.15, 0.2) is 60.7 Å². The molecular weight excluding hydrogens is 390 g/mol. The highest BCUT2D eigenvalue weighted by atomic mass is 16.2. The highest BCUT2D eigenvalue weighted by Crippen LogP contribution is 2.24. The van der Waals surface area contributed by atoms with Crippen molar-refractivity contribution in [1.29, 1.82) is 0 Å². The fourth-order valence-electron chi connectivity index (χ4n) is 3.54. The van der Waals surface area contributed by atoms with Gasteiger partial charge in [-0.2, -0.15) is 0 Å². The molecule has 31 heavy (non-hydrogen) atoms. The molecule has 0 radical (unpaired) electrons. The molecular formula is C24H25N5O2. The Bertz CT molecular complexity index is 1090. The van der Waals surface area contributed by atoms with Gasteiger partial charge in [0.15, 0.2) is 5.82 Å². The van der Waals surface area contributed by atoms with Gasteiger partial charge >= 0.3 is 0 Å². The van der Waals surface area contributed by atoms with Crippen LogP contribution in [0.4, 0.5) is 5.69 Å². The minimum absolute atomic E-state index is 0.283. The number of benzene rings is 2. The summed E-state index contributed by atoms with van der Waals surface area (Å²) in [6, 6.07) is 16.4. The number of fused-ring (bicyclic) bond motifs is 1. The summed E-state index contributed by atoms with van der Waals surface area (Å²) in [4.78, 5) is 24.5. The van der Waals surface area contributed by atoms with E-state index < -0.39 is 6.04 Å². The maximum Gasteiger partial charge on any atom is 0.246 e. The molecule has 158 valence electrons. The van der Waals surface area contributed by atoms with Crippen molar-refractivity contribution in [3.63, 3.8) is 0 Å². The van der Waals surface area contributed by atoms with Crippen molar-refractivity contribution in [1.82, 2.24) is 20.1 Å². The molecule has 2 aromatic carbocycles. The maximum atomic E-state index is 12.5. The lowest BCUT2D eigenvalue weighted by Crippen LogP contribution is -2.40. The predicted molar refractivity (Wildman–Crippen MR) is 120 cm³/mol. The standard InChI is InChI=1S/C24H25N5O2/c1-17(25-22(30)15-10-18-7-3-2-4-8-18)24(31)26-20-13-11-19(12-14-20)23-28-27-21-9-5-6-16-29(21)23/h2-4,7-8,10-15,17H,5-6,9,16H2,1H3,(H,25,30)(H,26,31)/b15-10+. The van der Waals surface area contributed by atoms with Crippen LogP contribution in [-0.4, -0.2) is 32.6 Å². The average Bonchev–Trinajstić information content (AvgIpc) is 3.23. The van der Waals surface area contributed by atoms with Crippen LogP contribution >= 0.6 is 0 Å². The van der Waals surface area contributed by atoms with Crippen LogP contribution in [0.3, 0.4) is 0 Å². The van der Waals surface area contributed by atoms with Gasteiger partial charge in [0.2, 0.25) is 11.8 Å². The minimum atomic E-state index is -0.670. The van der Waals surface area contributed by atoms with E-state index >= 15 is 0 Å². The van der Waals surface area contributed by atoms with Crippen LogP contribution in [-0.2, 0) is 22.6 Å². The normalized spacial score (nSPS) is 14.1. The minimum Gasteiger partial charge on any atom is -0.341 e. The second-order valence-corrected chi connectivity index (χ2v) is 7.59. The quantitative estimate of drug-likeness (QED) is 0.604. The van der Waals surface area contributed by atoms with E-state index in [0.29, 0.717) is 5.69 Å². The first-order valence-electron chi connectivity index (χ1n) is 10.5. The summed E-state index contributed by atoms with van der Waals surface area (Å²) in [5.41, 5.74) is 2.54. The van der Waals surface area contributed by atoms with Gasteiger partial charge in [0.1, 0.15) is 11.9 Å². The Morgan fingerprint density at radius 2 is 1.81 bits per heavy atom. The van der Waals surface area contributed by atoms with E-state index in [1.165, 1.54) is 6.08 Å². The van der Waals surface area contributed by atoms with Crippen LogP contribution in [0.5, 0.6) is 0 Å². The lowest BCUT2D eigenvalue weighted by Gasteiger charge is -2.15. The Morgan fingerprint density at radius 1 is 1.03 bits per heavy atom. The zero-order valence-corrected chi connectivity index (χ0v) is 17.4. The highest BCUT2D eigenvalue weighted by molar-refractivity contribution is 5.99. The third-order valence-corrected chi connectivity index (χ3v) is 5.25. The molecule has 0 fully saturated rings. The number of hydrogen-bond donors (Lipinski definition) is 2. The van der Waals surface area contributed by atoms with Gasteiger partial charge in [0.05, 0.1) is 0 Å². The first-order valence-corrected chi connectivity index (χ1v) is 10.5. The molecule has 2 N–H and O–H groups in total. The maximum absolute atomic E-state index is 12.5. The number of amides is 2. The molecule has 0 bridgehead atoms. The zero-order valence-electron chi connectivity index (χ0n) is 17.4. The Morgan fingerprint density at radius 3 is 2.58 bits per heavy atom. The first-order chi connectivity index (χ1) is 15.1. The third kappa shape index (κ3) is 5.06. The fraction of sp³-hybridized carbons (Fsp3) is 0.250. The van der Waals surface area contributed by atoms with E-state index in [4.69, 9.17) is 0 Å². The van der Waals surface area contributed by atoms with Gasteiger partial charge in [-0.3, -0.25) is 9.59 Å². The summed E-state index contributed by atoms with van der Waals surface area (Å²) in [6.07, 6.45) is 6.39. The third-order valence-electron chi connectivity index (χ3n) is 5.25. The molecule has 1 unspecified atom stereocenters. The molecule has 4 rings (SSSR count). The van der Waals surface area contributed by atoms with Crippen molar-refractivity contribution in [3.05, 3.63) is 72.1 Å². The van der Waals surface area contributed by atoms with Crippen LogP contribution in [0.2, 0.25) is 0 Å². The molecule has 0 saturated heterocycles. The molecule has 0 aliphatic carbocycles. The zero-order chi connectivity index (χ0) is 21.6. The van der Waals surface area contributed by atoms with Crippen LogP contribution in [0.1, 0.15) is 31.2 Å². The molecule has 7 heteroatoms. The Labute approximate surface area is 181 Å². The van der Waals surface area contributed by atoms with Gasteiger partial charge in [0.25, 0.3) is 0 Å². The van der Waals surface area contributed by atoms with Crippen molar-refractivity contribution in [2.45, 2.75) is 38.8 Å². The number of aromatic nitrogens is 3. The second kappa shape index (κ2) is 9.38. The van der Waals surface area contributed by atoms with Gasteiger partial charge in [-0.15, -0.1) is 10.2 Å². The molecule has 1 aromatic heterocycles. The van der Waals surface area contributed by atoms with Gasteiger partial charge < -0.3 is 15.2 Å². The van der Waals surface area contributed by atoms with Crippen molar-refractivity contribution >= 4 is 23.6 Å². The number of anilines is 1. The van der Waals surface area contributed by atoms with E-state index in [0.717, 1.165) is 48.6 Å². The molecule has 0 saturated carbocycles. The SMILES string of the molecule is CC(NC(=O)/C=C/c1ccccc1)C(=O)Nc1ccc(-c2nnc3n2CCCC3)cc1. The van der Waals surface area contributed by atoms with Crippen LogP contribution < -0.4 is 10.6 Å². The van der Waals surface area contributed by atoms with Crippen LogP contribution in [0.25, 0.3) is 17.5 Å². The number of carbonyl (C=O) groups excluding carboxylic acids is 2. The lowest BCUT2D eigenvalue weighted by molar-refractivity contribution is -0.123. The Hall–Kier alpha value is -3.74. The summed E-state index contributed by atoms with van der Waals surface area (Å²) >= 11 is 0. The largest absolute Gasteiger partial charge is 0.341 e. The number of aryl methyl sites for hydroxylation is 1. The molecule has 1 aliphatic rings. The molecule has 7 nitrogen and oxygen atoms in total. The Kier molecular flexibility index (Phi) is 6.21. The predicted octanol–water partition coefficient (Wildman–Crippen LogP) is 3.44. The topological polar surface area (TPSA) is 88.9 Å². The average molecular weight is 415 g/mol. The lowest BCUT2D eigenvalue weighted by atomic mass is 10.1. The number of hydrogen-bond acceptors (Lipinski definition) is 4. The van der Waals surface area contributed by atoms with E-state index in [-0.39, 0.29) is 11.8 Å². The summed E-state index contributed by atoms with van der Waals surface area (Å²) < 4.78 is 2.16. The molecule has 0 spiro atoms. The van der Waals surface area contributed by atoms with Crippen molar-refractivity contribution in [2.24, 2.45) is 0 Å². The number of nitrogens with one attached hydrogen (secondary N) is 2. The van der Waals surface area contributed by atoms with Crippen molar-refractivity contribution in [2.75, 3.05) is 5.32 Å². The van der Waals surface area contributed by atoms with E-state index in [2.05, 4.69) is 25.4 Å². The van der Waals surface area contributed by atoms with E-state index in [1.54, 1.807) is 13.0 Å². The van der Waals surface area contributed by atoms with E-state index in [1.807, 2.05) is 54.6 Å². The summed E-state index contributed by atoms with van der Waals surface area (Å²) in [5.74, 6) is 1.29. The van der Waals surface area contributed by atoms with Crippen LogP contribution in [0, 0.1) is 0 Å². The van der Waals surface area contributed by atoms with E-state index in [9.17, 15) is 9.59 Å². The number of rotatable bonds is 6. The van der Waals surface area contributed by atoms with Crippen molar-refractivity contribution in [3.8, 4) is 11.4 Å². The van der Waals surface area contributed by atoms with Gasteiger partial charge in [-0.1, -0.05) is 30.3 Å². The number of carbonyl (C=O) groups is 2. The monoisotopic (exact) mass is 415 g/mol. The van der Waals surface area contributed by atoms with Gasteiger partial charge in [0, 0.05) is 30.3 Å². The highest BCUT2D eigenvalue weighted by Gasteiger charge is 2.18. The number of nitrogens with zero attached hydrogens (tertiary/aromatic N) is 3. The molecule has 1 aliphatic heterocycles. The summed E-state index contributed by atoms with van der Waals surface area (Å²) in [7, 11) is 0. The summed E-state index contributed by atoms with van der Waals surface area (Å²) in [6.45, 7) is 2.59. The molecule has 3 aromatic rings. The Balaban J connectivity index is 1.33. The smallest absolute Gasteiger partial charge is 0.246 e. The fourth-order valence-corrected chi connectivity index (χ4v) is 3.54. The first kappa shape index (κ1) is 20.5. The molecule has 2 amide bonds. The van der Waals surface area contributed by atoms with Crippen molar-refractivity contribution < 1.29 is 9.59 Å². The van der Waals surface area contributed by atoms with Gasteiger partial charge in [-0.25, -0.2) is 0 Å². The molecule has 2 heterocycles. The molecule has 1 atom stereocenters. The summed E-state index contributed by atoms with van der Waals surface area (Å²) in [5, 5.41) is 14.1.